The zero-order valence-electron chi connectivity index (χ0n) is 9.05. The Morgan fingerprint density at radius 3 is 2.80 bits per heavy atom. The topological polar surface area (TPSA) is 26.3 Å². The van der Waals surface area contributed by atoms with Crippen LogP contribution in [-0.4, -0.2) is 19.0 Å². The summed E-state index contributed by atoms with van der Waals surface area (Å²) in [7, 11) is 1.40. The average Bonchev–Trinajstić information content (AvgIpc) is 2.26. The fourth-order valence-electron chi connectivity index (χ4n) is 1.58. The number of aryl methyl sites for hydroxylation is 1. The van der Waals surface area contributed by atoms with Gasteiger partial charge in [-0.1, -0.05) is 12.1 Å². The van der Waals surface area contributed by atoms with Gasteiger partial charge in [-0.3, -0.25) is 0 Å². The van der Waals surface area contributed by atoms with E-state index in [0.29, 0.717) is 11.4 Å². The van der Waals surface area contributed by atoms with Crippen LogP contribution < -0.4 is 0 Å². The molecule has 3 heteroatoms. The monoisotopic (exact) mass is 226 g/mol. The van der Waals surface area contributed by atoms with E-state index in [4.69, 9.17) is 16.3 Å². The highest BCUT2D eigenvalue weighted by atomic mass is 35.5. The Morgan fingerprint density at radius 2 is 2.20 bits per heavy atom. The lowest BCUT2D eigenvalue weighted by Crippen LogP contribution is -2.07. The first-order chi connectivity index (χ1) is 7.20. The van der Waals surface area contributed by atoms with Crippen molar-refractivity contribution in [3.8, 4) is 0 Å². The molecule has 0 heterocycles. The summed E-state index contributed by atoms with van der Waals surface area (Å²) in [5.74, 6) is 0.331. The second-order valence-electron chi connectivity index (χ2n) is 3.39. The molecule has 0 atom stereocenters. The van der Waals surface area contributed by atoms with Crippen LogP contribution in [-0.2, 0) is 11.2 Å². The van der Waals surface area contributed by atoms with Crippen LogP contribution in [0.2, 0.25) is 0 Å². The summed E-state index contributed by atoms with van der Waals surface area (Å²) in [6.45, 7) is 2.00. The van der Waals surface area contributed by atoms with Gasteiger partial charge in [0.1, 0.15) is 0 Å². The van der Waals surface area contributed by atoms with Gasteiger partial charge >= 0.3 is 5.97 Å². The predicted octanol–water partition coefficient (Wildman–Crippen LogP) is 2.95. The summed E-state index contributed by atoms with van der Waals surface area (Å²) in [6.07, 6.45) is 1.69. The summed E-state index contributed by atoms with van der Waals surface area (Å²) < 4.78 is 4.74. The van der Waals surface area contributed by atoms with Crippen molar-refractivity contribution in [2.45, 2.75) is 19.8 Å². The number of hydrogen-bond donors (Lipinski definition) is 0. The van der Waals surface area contributed by atoms with Crippen LogP contribution in [0.1, 0.15) is 27.9 Å². The van der Waals surface area contributed by atoms with E-state index in [1.807, 2.05) is 19.1 Å². The minimum Gasteiger partial charge on any atom is -0.465 e. The standard InChI is InChI=1S/C12H15ClO2/c1-9-5-3-6-11(12(14)15-2)10(9)7-4-8-13/h3,5-6H,4,7-8H2,1-2H3. The second kappa shape index (κ2) is 5.76. The molecule has 82 valence electrons. The predicted molar refractivity (Wildman–Crippen MR) is 61.6 cm³/mol. The van der Waals surface area contributed by atoms with Crippen LogP contribution in [0.3, 0.4) is 0 Å². The van der Waals surface area contributed by atoms with E-state index in [9.17, 15) is 4.79 Å². The zero-order valence-corrected chi connectivity index (χ0v) is 9.80. The van der Waals surface area contributed by atoms with Crippen LogP contribution in [0.4, 0.5) is 0 Å². The molecule has 2 nitrogen and oxygen atoms in total. The molecule has 0 saturated carbocycles. The molecule has 0 spiro atoms. The molecule has 0 bridgehead atoms. The molecule has 0 N–H and O–H groups in total. The normalized spacial score (nSPS) is 10.1. The van der Waals surface area contributed by atoms with Gasteiger partial charge in [0.2, 0.25) is 0 Å². The Kier molecular flexibility index (Phi) is 4.63. The van der Waals surface area contributed by atoms with Crippen molar-refractivity contribution in [2.24, 2.45) is 0 Å². The highest BCUT2D eigenvalue weighted by molar-refractivity contribution is 6.17. The molecule has 0 saturated heterocycles. The molecule has 0 aliphatic heterocycles. The molecule has 0 aliphatic carbocycles. The molecule has 1 aromatic rings. The molecule has 0 aliphatic rings. The third kappa shape index (κ3) is 2.96. The summed E-state index contributed by atoms with van der Waals surface area (Å²) >= 11 is 5.65. The van der Waals surface area contributed by atoms with Crippen LogP contribution in [0, 0.1) is 6.92 Å². The lowest BCUT2D eigenvalue weighted by molar-refractivity contribution is 0.0599. The van der Waals surface area contributed by atoms with Gasteiger partial charge in [-0.25, -0.2) is 4.79 Å². The quantitative estimate of drug-likeness (QED) is 0.583. The molecule has 0 unspecified atom stereocenters. The maximum absolute atomic E-state index is 11.5. The number of hydrogen-bond acceptors (Lipinski definition) is 2. The first-order valence-electron chi connectivity index (χ1n) is 4.93. The number of carbonyl (C=O) groups is 1. The van der Waals surface area contributed by atoms with Crippen molar-refractivity contribution in [2.75, 3.05) is 13.0 Å². The summed E-state index contributed by atoms with van der Waals surface area (Å²) in [6, 6.07) is 5.66. The van der Waals surface area contributed by atoms with Gasteiger partial charge in [0, 0.05) is 5.88 Å². The number of esters is 1. The van der Waals surface area contributed by atoms with Crippen molar-refractivity contribution in [3.63, 3.8) is 0 Å². The zero-order chi connectivity index (χ0) is 11.3. The number of benzene rings is 1. The van der Waals surface area contributed by atoms with Crippen molar-refractivity contribution in [1.29, 1.82) is 0 Å². The Balaban J connectivity index is 3.03. The van der Waals surface area contributed by atoms with Crippen LogP contribution >= 0.6 is 11.6 Å². The van der Waals surface area contributed by atoms with Crippen LogP contribution in [0.25, 0.3) is 0 Å². The molecule has 0 amide bonds. The maximum Gasteiger partial charge on any atom is 0.338 e. The fourth-order valence-corrected chi connectivity index (χ4v) is 1.71. The number of rotatable bonds is 4. The van der Waals surface area contributed by atoms with E-state index in [-0.39, 0.29) is 5.97 Å². The average molecular weight is 227 g/mol. The second-order valence-corrected chi connectivity index (χ2v) is 3.76. The van der Waals surface area contributed by atoms with E-state index in [1.54, 1.807) is 6.07 Å². The third-order valence-electron chi connectivity index (χ3n) is 2.38. The first kappa shape index (κ1) is 12.1. The van der Waals surface area contributed by atoms with Crippen molar-refractivity contribution < 1.29 is 9.53 Å². The third-order valence-corrected chi connectivity index (χ3v) is 2.64. The smallest absolute Gasteiger partial charge is 0.338 e. The minimum absolute atomic E-state index is 0.275. The Hall–Kier alpha value is -1.02. The van der Waals surface area contributed by atoms with Gasteiger partial charge in [0.25, 0.3) is 0 Å². The first-order valence-corrected chi connectivity index (χ1v) is 5.47. The van der Waals surface area contributed by atoms with Gasteiger partial charge in [-0.05, 0) is 37.0 Å². The van der Waals surface area contributed by atoms with Crippen molar-refractivity contribution >= 4 is 17.6 Å². The molecule has 0 fully saturated rings. The number of ether oxygens (including phenoxy) is 1. The van der Waals surface area contributed by atoms with E-state index < -0.39 is 0 Å². The van der Waals surface area contributed by atoms with E-state index in [1.165, 1.54) is 7.11 Å². The fraction of sp³-hybridized carbons (Fsp3) is 0.417. The van der Waals surface area contributed by atoms with Crippen LogP contribution in [0.5, 0.6) is 0 Å². The maximum atomic E-state index is 11.5. The SMILES string of the molecule is COC(=O)c1cccc(C)c1CCCCl. The van der Waals surface area contributed by atoms with Gasteiger partial charge < -0.3 is 4.74 Å². The lowest BCUT2D eigenvalue weighted by atomic mass is 9.98. The largest absolute Gasteiger partial charge is 0.465 e. The number of alkyl halides is 1. The van der Waals surface area contributed by atoms with E-state index in [2.05, 4.69) is 0 Å². The highest BCUT2D eigenvalue weighted by Gasteiger charge is 2.12. The molecule has 1 rings (SSSR count). The summed E-state index contributed by atoms with van der Waals surface area (Å²) in [4.78, 5) is 11.5. The Morgan fingerprint density at radius 1 is 1.47 bits per heavy atom. The molecule has 0 radical (unpaired) electrons. The van der Waals surface area contributed by atoms with Gasteiger partial charge in [-0.2, -0.15) is 0 Å². The van der Waals surface area contributed by atoms with Crippen molar-refractivity contribution in [1.82, 2.24) is 0 Å². The summed E-state index contributed by atoms with van der Waals surface area (Å²) in [5.41, 5.74) is 2.82. The number of carbonyl (C=O) groups excluding carboxylic acids is 1. The minimum atomic E-state index is -0.275. The highest BCUT2D eigenvalue weighted by Crippen LogP contribution is 2.17. The molecule has 15 heavy (non-hydrogen) atoms. The Labute approximate surface area is 95.2 Å². The Bertz CT molecular complexity index is 347. The molecule has 0 aromatic heterocycles. The van der Waals surface area contributed by atoms with Gasteiger partial charge in [0.05, 0.1) is 12.7 Å². The van der Waals surface area contributed by atoms with E-state index in [0.717, 1.165) is 24.0 Å². The molecular weight excluding hydrogens is 212 g/mol. The molecular formula is C12H15ClO2. The van der Waals surface area contributed by atoms with Crippen LogP contribution in [0.15, 0.2) is 18.2 Å². The van der Waals surface area contributed by atoms with E-state index >= 15 is 0 Å². The van der Waals surface area contributed by atoms with Crippen molar-refractivity contribution in [3.05, 3.63) is 34.9 Å². The lowest BCUT2D eigenvalue weighted by Gasteiger charge is -2.10. The molecule has 1 aromatic carbocycles. The van der Waals surface area contributed by atoms with Gasteiger partial charge in [0.15, 0.2) is 0 Å². The summed E-state index contributed by atoms with van der Waals surface area (Å²) in [5, 5.41) is 0. The number of halogens is 1. The number of methoxy groups -OCH3 is 1. The van der Waals surface area contributed by atoms with Gasteiger partial charge in [-0.15, -0.1) is 11.6 Å².